The maximum absolute atomic E-state index is 13.0. The maximum atomic E-state index is 13.0. The molecule has 11 heteroatoms. The molecule has 0 saturated carbocycles. The summed E-state index contributed by atoms with van der Waals surface area (Å²) in [6.07, 6.45) is -2.94. The molecule has 0 bridgehead atoms. The van der Waals surface area contributed by atoms with Gasteiger partial charge >= 0.3 is 6.18 Å². The van der Waals surface area contributed by atoms with Gasteiger partial charge in [-0.25, -0.2) is 4.98 Å². The molecule has 4 aromatic rings. The number of furan rings is 1. The zero-order valence-corrected chi connectivity index (χ0v) is 18.9. The van der Waals surface area contributed by atoms with Gasteiger partial charge in [-0.1, -0.05) is 47.4 Å². The monoisotopic (exact) mass is 503 g/mol. The van der Waals surface area contributed by atoms with E-state index in [1.54, 1.807) is 12.1 Å². The number of nitrogens with one attached hydrogen (secondary N) is 1. The summed E-state index contributed by atoms with van der Waals surface area (Å²) >= 11 is 7.81. The van der Waals surface area contributed by atoms with Crippen LogP contribution in [0.5, 0.6) is 0 Å². The van der Waals surface area contributed by atoms with Gasteiger partial charge in [0.2, 0.25) is 5.13 Å². The number of nitrogens with zero attached hydrogens (tertiary/aromatic N) is 2. The molecule has 3 heterocycles. The van der Waals surface area contributed by atoms with Gasteiger partial charge in [-0.15, -0.1) is 0 Å². The fraction of sp³-hybridized carbons (Fsp3) is 0.0455. The lowest BCUT2D eigenvalue weighted by atomic mass is 10.1. The summed E-state index contributed by atoms with van der Waals surface area (Å²) in [6.45, 7) is 0. The molecule has 1 N–H and O–H groups in total. The van der Waals surface area contributed by atoms with E-state index in [0.717, 1.165) is 34.1 Å². The molecule has 0 unspecified atom stereocenters. The molecular weight excluding hydrogens is 491 g/mol. The SMILES string of the molecule is O=C1/C(=C/c2ccc(-c3cccc(C(F)(F)F)c3)o2)SC(=S)N1Nc1nc2ccccc2s1. The first-order valence-corrected chi connectivity index (χ1v) is 11.5. The van der Waals surface area contributed by atoms with Gasteiger partial charge in [0, 0.05) is 11.6 Å². The minimum Gasteiger partial charge on any atom is -0.457 e. The van der Waals surface area contributed by atoms with Crippen LogP contribution in [0.25, 0.3) is 27.6 Å². The van der Waals surface area contributed by atoms with Crippen LogP contribution in [0, 0.1) is 0 Å². The number of thiazole rings is 1. The van der Waals surface area contributed by atoms with Crippen LogP contribution < -0.4 is 5.43 Å². The van der Waals surface area contributed by atoms with Crippen molar-refractivity contribution in [3.05, 3.63) is 76.9 Å². The van der Waals surface area contributed by atoms with Crippen molar-refractivity contribution in [2.45, 2.75) is 6.18 Å². The molecule has 2 aromatic carbocycles. The topological polar surface area (TPSA) is 58.4 Å². The number of anilines is 1. The second-order valence-corrected chi connectivity index (χ2v) is 9.60. The first-order chi connectivity index (χ1) is 15.8. The van der Waals surface area contributed by atoms with Crippen molar-refractivity contribution in [1.29, 1.82) is 0 Å². The number of halogens is 3. The highest BCUT2D eigenvalue weighted by atomic mass is 32.2. The van der Waals surface area contributed by atoms with Crippen LogP contribution in [0.3, 0.4) is 0 Å². The fourth-order valence-electron chi connectivity index (χ4n) is 3.14. The van der Waals surface area contributed by atoms with Crippen molar-refractivity contribution >= 4 is 67.0 Å². The molecule has 33 heavy (non-hydrogen) atoms. The van der Waals surface area contributed by atoms with E-state index in [-0.39, 0.29) is 17.2 Å². The minimum absolute atomic E-state index is 0.260. The summed E-state index contributed by atoms with van der Waals surface area (Å²) in [7, 11) is 0. The third kappa shape index (κ3) is 4.39. The number of hydrazine groups is 1. The van der Waals surface area contributed by atoms with Gasteiger partial charge in [0.1, 0.15) is 11.5 Å². The van der Waals surface area contributed by atoms with Gasteiger partial charge in [-0.2, -0.15) is 18.2 Å². The van der Waals surface area contributed by atoms with E-state index in [1.807, 2.05) is 24.3 Å². The predicted octanol–water partition coefficient (Wildman–Crippen LogP) is 6.80. The van der Waals surface area contributed by atoms with Crippen LogP contribution >= 0.6 is 35.3 Å². The van der Waals surface area contributed by atoms with Gasteiger partial charge in [0.05, 0.1) is 20.7 Å². The normalized spacial score (nSPS) is 15.7. The smallest absolute Gasteiger partial charge is 0.416 e. The highest BCUT2D eigenvalue weighted by Gasteiger charge is 2.34. The summed E-state index contributed by atoms with van der Waals surface area (Å²) < 4.78 is 45.9. The number of benzene rings is 2. The number of hydrogen-bond acceptors (Lipinski definition) is 7. The van der Waals surface area contributed by atoms with Crippen LogP contribution in [-0.4, -0.2) is 20.2 Å². The summed E-state index contributed by atoms with van der Waals surface area (Å²) in [5.74, 6) is 0.208. The lowest BCUT2D eigenvalue weighted by molar-refractivity contribution is -0.137. The molecule has 1 aliphatic rings. The standard InChI is InChI=1S/C22H12F3N3O2S3/c23-22(24,25)13-5-3-4-12(10-13)16-9-8-14(30-16)11-18-19(29)28(21(31)33-18)27-20-26-15-6-1-2-7-17(15)32-20/h1-11H,(H,26,27)/b18-11-. The Balaban J connectivity index is 1.36. The number of fused-ring (bicyclic) bond motifs is 1. The number of aromatic nitrogens is 1. The molecule has 1 amide bonds. The minimum atomic E-state index is -4.45. The summed E-state index contributed by atoms with van der Waals surface area (Å²) in [4.78, 5) is 17.6. The number of hydrogen-bond donors (Lipinski definition) is 1. The molecule has 1 fully saturated rings. The number of alkyl halides is 3. The first-order valence-electron chi connectivity index (χ1n) is 9.45. The van der Waals surface area contributed by atoms with E-state index in [4.69, 9.17) is 16.6 Å². The Morgan fingerprint density at radius 1 is 1.09 bits per heavy atom. The molecular formula is C22H12F3N3O2S3. The molecule has 0 radical (unpaired) electrons. The average molecular weight is 504 g/mol. The number of amides is 1. The highest BCUT2D eigenvalue weighted by molar-refractivity contribution is 8.26. The molecule has 1 saturated heterocycles. The number of para-hydroxylation sites is 1. The zero-order chi connectivity index (χ0) is 23.2. The number of rotatable bonds is 4. The summed E-state index contributed by atoms with van der Waals surface area (Å²) in [6, 6.07) is 15.6. The van der Waals surface area contributed by atoms with Crippen LogP contribution in [0.1, 0.15) is 11.3 Å². The lowest BCUT2D eigenvalue weighted by Gasteiger charge is -2.14. The highest BCUT2D eigenvalue weighted by Crippen LogP contribution is 2.36. The Morgan fingerprint density at radius 3 is 2.70 bits per heavy atom. The first kappa shape index (κ1) is 21.7. The molecule has 0 atom stereocenters. The zero-order valence-electron chi connectivity index (χ0n) is 16.4. The molecule has 2 aromatic heterocycles. The third-order valence-corrected chi connectivity index (χ3v) is 6.91. The van der Waals surface area contributed by atoms with Crippen molar-refractivity contribution in [3.63, 3.8) is 0 Å². The molecule has 166 valence electrons. The number of thiocarbonyl (C=S) groups is 1. The quantitative estimate of drug-likeness (QED) is 0.244. The van der Waals surface area contributed by atoms with Crippen LogP contribution in [0.15, 0.2) is 70.0 Å². The van der Waals surface area contributed by atoms with E-state index in [0.29, 0.717) is 20.1 Å². The van der Waals surface area contributed by atoms with Crippen molar-refractivity contribution in [1.82, 2.24) is 9.99 Å². The van der Waals surface area contributed by atoms with Gasteiger partial charge in [-0.3, -0.25) is 10.2 Å². The summed E-state index contributed by atoms with van der Waals surface area (Å²) in [5.41, 5.74) is 3.28. The number of carbonyl (C=O) groups excluding carboxylic acids is 1. The number of thioether (sulfide) groups is 1. The largest absolute Gasteiger partial charge is 0.457 e. The predicted molar refractivity (Wildman–Crippen MR) is 127 cm³/mol. The molecule has 0 aliphatic carbocycles. The molecule has 0 spiro atoms. The van der Waals surface area contributed by atoms with E-state index in [2.05, 4.69) is 10.4 Å². The van der Waals surface area contributed by atoms with Gasteiger partial charge < -0.3 is 4.42 Å². The Bertz CT molecular complexity index is 1390. The van der Waals surface area contributed by atoms with Crippen molar-refractivity contribution in [3.8, 4) is 11.3 Å². The lowest BCUT2D eigenvalue weighted by Crippen LogP contribution is -2.33. The van der Waals surface area contributed by atoms with Crippen molar-refractivity contribution in [2.75, 3.05) is 5.43 Å². The Labute approximate surface area is 198 Å². The van der Waals surface area contributed by atoms with Crippen LogP contribution in [0.4, 0.5) is 18.3 Å². The van der Waals surface area contributed by atoms with Gasteiger partial charge in [0.25, 0.3) is 5.91 Å². The van der Waals surface area contributed by atoms with Crippen LogP contribution in [0.2, 0.25) is 0 Å². The van der Waals surface area contributed by atoms with E-state index < -0.39 is 11.7 Å². The Kier molecular flexibility index (Phi) is 5.47. The van der Waals surface area contributed by atoms with E-state index >= 15 is 0 Å². The summed E-state index contributed by atoms with van der Waals surface area (Å²) in [5, 5.41) is 1.76. The van der Waals surface area contributed by atoms with Crippen LogP contribution in [-0.2, 0) is 11.0 Å². The van der Waals surface area contributed by atoms with E-state index in [1.165, 1.54) is 34.6 Å². The Morgan fingerprint density at radius 2 is 1.91 bits per heavy atom. The van der Waals surface area contributed by atoms with E-state index in [9.17, 15) is 18.0 Å². The Hall–Kier alpha value is -3.15. The molecule has 5 nitrogen and oxygen atoms in total. The third-order valence-electron chi connectivity index (χ3n) is 4.67. The van der Waals surface area contributed by atoms with Crippen molar-refractivity contribution < 1.29 is 22.4 Å². The second-order valence-electron chi connectivity index (χ2n) is 6.90. The second kappa shape index (κ2) is 8.32. The maximum Gasteiger partial charge on any atom is 0.416 e. The number of carbonyl (C=O) groups is 1. The average Bonchev–Trinajstić information content (AvgIpc) is 3.48. The van der Waals surface area contributed by atoms with Crippen molar-refractivity contribution in [2.24, 2.45) is 0 Å². The molecule has 1 aliphatic heterocycles. The fourth-order valence-corrected chi connectivity index (χ4v) is 5.16. The van der Waals surface area contributed by atoms with Gasteiger partial charge in [-0.05, 0) is 48.6 Å². The van der Waals surface area contributed by atoms with Gasteiger partial charge in [0.15, 0.2) is 4.32 Å². The molecule has 5 rings (SSSR count).